The molecule has 0 aliphatic heterocycles. The number of fused-ring (bicyclic) bond motifs is 3. The standard InChI is InChI=1S/C32H36O8/c1-14(2)19-11-18(10-9-16(5)33)25(35)22-20(19)12-30(7)13-31(8)23(15(3)4)26(36)21(17(6)34)28(38)32(31,40)29(39)24(30)27(22)37/h11,14-15,21,23-24,35,40H,12-13H2,1-8H3/t21?,23?,24?,30-,31-,32+/m1/s1. The molecule has 1 aromatic rings. The Morgan fingerprint density at radius 1 is 1.02 bits per heavy atom. The summed E-state index contributed by atoms with van der Waals surface area (Å²) in [6.45, 7) is 13.0. The van der Waals surface area contributed by atoms with Crippen molar-refractivity contribution in [2.45, 2.75) is 79.8 Å². The van der Waals surface area contributed by atoms with Gasteiger partial charge in [-0.3, -0.25) is 28.8 Å². The lowest BCUT2D eigenvalue weighted by Crippen LogP contribution is -2.76. The quantitative estimate of drug-likeness (QED) is 0.433. The van der Waals surface area contributed by atoms with E-state index in [9.17, 15) is 39.0 Å². The number of phenolic OH excluding ortho intramolecular Hbond substituents is 1. The summed E-state index contributed by atoms with van der Waals surface area (Å²) in [5.41, 5.74) is -4.17. The Hall–Kier alpha value is -3.44. The van der Waals surface area contributed by atoms with Crippen molar-refractivity contribution in [3.63, 3.8) is 0 Å². The highest BCUT2D eigenvalue weighted by Crippen LogP contribution is 2.64. The molecule has 8 nitrogen and oxygen atoms in total. The van der Waals surface area contributed by atoms with Crippen LogP contribution in [0.25, 0.3) is 0 Å². The van der Waals surface area contributed by atoms with E-state index in [-0.39, 0.29) is 29.9 Å². The van der Waals surface area contributed by atoms with E-state index in [1.165, 1.54) is 6.92 Å². The smallest absolute Gasteiger partial charge is 0.202 e. The molecule has 0 spiro atoms. The summed E-state index contributed by atoms with van der Waals surface area (Å²) in [7, 11) is 0. The van der Waals surface area contributed by atoms with E-state index in [2.05, 4.69) is 11.8 Å². The van der Waals surface area contributed by atoms with Gasteiger partial charge in [0.1, 0.15) is 17.5 Å². The molecule has 0 amide bonds. The molecule has 212 valence electrons. The van der Waals surface area contributed by atoms with E-state index in [1.54, 1.807) is 33.8 Å². The van der Waals surface area contributed by atoms with E-state index < -0.39 is 80.6 Å². The Kier molecular flexibility index (Phi) is 6.87. The average molecular weight is 549 g/mol. The zero-order chi connectivity index (χ0) is 30.3. The van der Waals surface area contributed by atoms with Gasteiger partial charge in [-0.05, 0) is 60.1 Å². The molecule has 0 heterocycles. The number of hydrogen-bond acceptors (Lipinski definition) is 8. The molecule has 2 fully saturated rings. The van der Waals surface area contributed by atoms with E-state index >= 15 is 0 Å². The molecule has 40 heavy (non-hydrogen) atoms. The van der Waals surface area contributed by atoms with Gasteiger partial charge < -0.3 is 10.2 Å². The molecule has 1 aromatic carbocycles. The van der Waals surface area contributed by atoms with E-state index in [0.29, 0.717) is 5.56 Å². The summed E-state index contributed by atoms with van der Waals surface area (Å²) in [5, 5.41) is 23.3. The predicted molar refractivity (Wildman–Crippen MR) is 145 cm³/mol. The number of hydrogen-bond donors (Lipinski definition) is 2. The van der Waals surface area contributed by atoms with Crippen LogP contribution in [0.5, 0.6) is 5.75 Å². The highest BCUT2D eigenvalue weighted by atomic mass is 16.3. The molecule has 3 aliphatic rings. The molecule has 4 rings (SSSR count). The van der Waals surface area contributed by atoms with Crippen molar-refractivity contribution in [1.29, 1.82) is 0 Å². The van der Waals surface area contributed by atoms with Gasteiger partial charge in [0.2, 0.25) is 5.78 Å². The number of phenols is 1. The van der Waals surface area contributed by atoms with Gasteiger partial charge in [0.15, 0.2) is 28.7 Å². The molecule has 6 atom stereocenters. The lowest BCUT2D eigenvalue weighted by molar-refractivity contribution is -0.205. The third kappa shape index (κ3) is 3.77. The Morgan fingerprint density at radius 2 is 1.62 bits per heavy atom. The first-order valence-electron chi connectivity index (χ1n) is 13.7. The maximum Gasteiger partial charge on any atom is 0.202 e. The van der Waals surface area contributed by atoms with Crippen LogP contribution < -0.4 is 0 Å². The maximum atomic E-state index is 14.4. The van der Waals surface area contributed by atoms with Crippen molar-refractivity contribution in [1.82, 2.24) is 0 Å². The van der Waals surface area contributed by atoms with Gasteiger partial charge in [-0.2, -0.15) is 0 Å². The number of Topliss-reactive ketones (excluding diaryl/α,β-unsaturated/α-hetero) is 6. The van der Waals surface area contributed by atoms with Gasteiger partial charge in [0.25, 0.3) is 0 Å². The zero-order valence-electron chi connectivity index (χ0n) is 24.2. The summed E-state index contributed by atoms with van der Waals surface area (Å²) in [6.07, 6.45) is 0.161. The molecule has 0 bridgehead atoms. The van der Waals surface area contributed by atoms with Crippen molar-refractivity contribution < 1.29 is 39.0 Å². The molecule has 3 unspecified atom stereocenters. The van der Waals surface area contributed by atoms with E-state index in [0.717, 1.165) is 12.5 Å². The molecule has 0 saturated heterocycles. The second-order valence-corrected chi connectivity index (χ2v) is 13.0. The van der Waals surface area contributed by atoms with Gasteiger partial charge in [-0.15, -0.1) is 0 Å². The first-order chi connectivity index (χ1) is 18.3. The first-order valence-corrected chi connectivity index (χ1v) is 13.7. The lowest BCUT2D eigenvalue weighted by Gasteiger charge is -2.62. The summed E-state index contributed by atoms with van der Waals surface area (Å²) < 4.78 is 0. The van der Waals surface area contributed by atoms with Gasteiger partial charge in [0, 0.05) is 18.3 Å². The lowest BCUT2D eigenvalue weighted by atomic mass is 9.39. The molecular formula is C32H36O8. The molecule has 0 radical (unpaired) electrons. The number of rotatable bonds is 3. The molecule has 0 aromatic heterocycles. The molecule has 3 aliphatic carbocycles. The van der Waals surface area contributed by atoms with Crippen molar-refractivity contribution in [2.75, 3.05) is 0 Å². The van der Waals surface area contributed by atoms with Crippen LogP contribution >= 0.6 is 0 Å². The number of benzene rings is 1. The number of carbonyl (C=O) groups excluding carboxylic acids is 6. The second kappa shape index (κ2) is 9.31. The van der Waals surface area contributed by atoms with Gasteiger partial charge in [-0.1, -0.05) is 47.5 Å². The highest BCUT2D eigenvalue weighted by molar-refractivity contribution is 6.32. The Bertz CT molecular complexity index is 1470. The third-order valence-corrected chi connectivity index (χ3v) is 9.41. The minimum atomic E-state index is -2.74. The normalized spacial score (nSPS) is 33.2. The molecular weight excluding hydrogens is 512 g/mol. The number of aromatic hydroxyl groups is 1. The average Bonchev–Trinajstić information content (AvgIpc) is 2.80. The number of aliphatic hydroxyl groups is 1. The SMILES string of the molecule is CC(=O)C#Cc1cc(C(C)C)c2c(c1O)C(=O)C1C(=O)[C@@]3(O)C(=O)C(C(C)=O)C(=O)C(C(C)C)[C@@]3(C)C[C@@]1(C)C2. The van der Waals surface area contributed by atoms with Crippen molar-refractivity contribution in [2.24, 2.45) is 34.5 Å². The fraction of sp³-hybridized carbons (Fsp3) is 0.562. The van der Waals surface area contributed by atoms with Crippen LogP contribution in [0.3, 0.4) is 0 Å². The maximum absolute atomic E-state index is 14.4. The predicted octanol–water partition coefficient (Wildman–Crippen LogP) is 3.16. The highest BCUT2D eigenvalue weighted by Gasteiger charge is 2.76. The van der Waals surface area contributed by atoms with Crippen LogP contribution in [0.15, 0.2) is 6.07 Å². The van der Waals surface area contributed by atoms with Crippen LogP contribution in [0.2, 0.25) is 0 Å². The van der Waals surface area contributed by atoms with Crippen molar-refractivity contribution in [3.8, 4) is 17.6 Å². The van der Waals surface area contributed by atoms with Crippen LogP contribution in [0, 0.1) is 46.3 Å². The topological polar surface area (TPSA) is 143 Å². The Labute approximate surface area is 233 Å². The summed E-state index contributed by atoms with van der Waals surface area (Å²) in [4.78, 5) is 79.9. The largest absolute Gasteiger partial charge is 0.506 e. The molecule has 8 heteroatoms. The summed E-state index contributed by atoms with van der Waals surface area (Å²) >= 11 is 0. The Morgan fingerprint density at radius 3 is 2.12 bits per heavy atom. The van der Waals surface area contributed by atoms with Crippen molar-refractivity contribution >= 4 is 34.7 Å². The number of carbonyl (C=O) groups is 6. The minimum Gasteiger partial charge on any atom is -0.506 e. The number of ketones is 6. The van der Waals surface area contributed by atoms with E-state index in [1.807, 2.05) is 13.8 Å². The van der Waals surface area contributed by atoms with Gasteiger partial charge >= 0.3 is 0 Å². The summed E-state index contributed by atoms with van der Waals surface area (Å²) in [5.74, 6) is -5.03. The molecule has 2 saturated carbocycles. The second-order valence-electron chi connectivity index (χ2n) is 13.0. The van der Waals surface area contributed by atoms with Gasteiger partial charge in [0.05, 0.1) is 17.0 Å². The summed E-state index contributed by atoms with van der Waals surface area (Å²) in [6, 6.07) is 1.65. The van der Waals surface area contributed by atoms with Crippen molar-refractivity contribution in [3.05, 3.63) is 28.3 Å². The first kappa shape index (κ1) is 29.5. The minimum absolute atomic E-state index is 0.00672. The molecule has 2 N–H and O–H groups in total. The van der Waals surface area contributed by atoms with Crippen LogP contribution in [0.1, 0.15) is 94.8 Å². The fourth-order valence-electron chi connectivity index (χ4n) is 8.00. The third-order valence-electron chi connectivity index (χ3n) is 9.41. The van der Waals surface area contributed by atoms with E-state index in [4.69, 9.17) is 0 Å². The van der Waals surface area contributed by atoms with Gasteiger partial charge in [-0.25, -0.2) is 0 Å². The van der Waals surface area contributed by atoms with Crippen LogP contribution in [-0.4, -0.2) is 50.5 Å². The Balaban J connectivity index is 2.02. The zero-order valence-corrected chi connectivity index (χ0v) is 24.2. The van der Waals surface area contributed by atoms with Crippen LogP contribution in [0.4, 0.5) is 0 Å². The van der Waals surface area contributed by atoms with Crippen LogP contribution in [-0.2, 0) is 30.4 Å². The fourth-order valence-corrected chi connectivity index (χ4v) is 8.00. The monoisotopic (exact) mass is 548 g/mol.